The molecule has 1 N–H and O–H groups in total. The molecule has 0 aromatic heterocycles. The summed E-state index contributed by atoms with van der Waals surface area (Å²) in [7, 11) is 0. The summed E-state index contributed by atoms with van der Waals surface area (Å²) in [6.07, 6.45) is 0. The highest BCUT2D eigenvalue weighted by atomic mass is 79.9. The summed E-state index contributed by atoms with van der Waals surface area (Å²) in [5.74, 6) is 0. The first-order valence-corrected chi connectivity index (χ1v) is 6.98. The van der Waals surface area contributed by atoms with E-state index in [0.717, 1.165) is 21.2 Å². The monoisotopic (exact) mass is 353 g/mol. The second-order valence-corrected chi connectivity index (χ2v) is 5.68. The summed E-state index contributed by atoms with van der Waals surface area (Å²) < 4.78 is 2.16. The van der Waals surface area contributed by atoms with Gasteiger partial charge in [0.1, 0.15) is 0 Å². The number of hydrogen-bond acceptors (Lipinski definition) is 1. The molecule has 0 amide bonds. The fraction of sp³-hybridized carbons (Fsp3) is 0.143. The molecule has 0 aliphatic rings. The minimum absolute atomic E-state index is 0.829. The lowest BCUT2D eigenvalue weighted by atomic mass is 10.2. The highest BCUT2D eigenvalue weighted by Gasteiger charge is 1.99. The van der Waals surface area contributed by atoms with E-state index in [1.165, 1.54) is 11.1 Å². The molecule has 0 radical (unpaired) electrons. The molecule has 0 spiro atoms. The van der Waals surface area contributed by atoms with E-state index >= 15 is 0 Å². The van der Waals surface area contributed by atoms with Gasteiger partial charge in [-0.3, -0.25) is 0 Å². The fourth-order valence-corrected chi connectivity index (χ4v) is 2.28. The molecule has 0 unspecified atom stereocenters. The van der Waals surface area contributed by atoms with E-state index in [9.17, 15) is 0 Å². The summed E-state index contributed by atoms with van der Waals surface area (Å²) in [6, 6.07) is 14.7. The first-order chi connectivity index (χ1) is 8.15. The van der Waals surface area contributed by atoms with Crippen molar-refractivity contribution in [1.29, 1.82) is 0 Å². The average Bonchev–Trinajstić information content (AvgIpc) is 2.31. The van der Waals surface area contributed by atoms with Crippen molar-refractivity contribution in [2.45, 2.75) is 13.5 Å². The lowest BCUT2D eigenvalue weighted by molar-refractivity contribution is 1.14. The molecule has 2 aromatic carbocycles. The topological polar surface area (TPSA) is 12.0 Å². The van der Waals surface area contributed by atoms with E-state index in [4.69, 9.17) is 0 Å². The zero-order chi connectivity index (χ0) is 12.3. The quantitative estimate of drug-likeness (QED) is 0.805. The Hall–Kier alpha value is -0.800. The number of aryl methyl sites for hydroxylation is 1. The van der Waals surface area contributed by atoms with Gasteiger partial charge in [0.25, 0.3) is 0 Å². The standard InChI is InChI=1S/C14H13Br2N/c1-10-3-2-4-12(7-10)17-9-11-5-6-13(15)14(16)8-11/h2-8,17H,9H2,1H3. The lowest BCUT2D eigenvalue weighted by Gasteiger charge is -2.08. The molecule has 0 saturated carbocycles. The second kappa shape index (κ2) is 5.69. The summed E-state index contributed by atoms with van der Waals surface area (Å²) in [4.78, 5) is 0. The van der Waals surface area contributed by atoms with Gasteiger partial charge in [-0.25, -0.2) is 0 Å². The Balaban J connectivity index is 2.05. The molecule has 17 heavy (non-hydrogen) atoms. The normalized spacial score (nSPS) is 10.3. The molecule has 2 rings (SSSR count). The molecule has 1 nitrogen and oxygen atoms in total. The van der Waals surface area contributed by atoms with Gasteiger partial charge >= 0.3 is 0 Å². The van der Waals surface area contributed by atoms with E-state index in [1.807, 2.05) is 0 Å². The molecule has 0 aliphatic carbocycles. The maximum Gasteiger partial charge on any atom is 0.0401 e. The molecule has 0 saturated heterocycles. The van der Waals surface area contributed by atoms with Crippen LogP contribution in [0.15, 0.2) is 51.4 Å². The Bertz CT molecular complexity index is 523. The smallest absolute Gasteiger partial charge is 0.0401 e. The highest BCUT2D eigenvalue weighted by Crippen LogP contribution is 2.24. The van der Waals surface area contributed by atoms with E-state index in [1.54, 1.807) is 0 Å². The van der Waals surface area contributed by atoms with Crippen LogP contribution in [-0.4, -0.2) is 0 Å². The molecule has 2 aromatic rings. The summed E-state index contributed by atoms with van der Waals surface area (Å²) in [6.45, 7) is 2.93. The van der Waals surface area contributed by atoms with E-state index < -0.39 is 0 Å². The molecular weight excluding hydrogens is 342 g/mol. The van der Waals surface area contributed by atoms with Gasteiger partial charge in [0.15, 0.2) is 0 Å². The van der Waals surface area contributed by atoms with Crippen LogP contribution in [0, 0.1) is 6.92 Å². The zero-order valence-corrected chi connectivity index (χ0v) is 12.7. The molecule has 0 fully saturated rings. The fourth-order valence-electron chi connectivity index (χ4n) is 1.61. The van der Waals surface area contributed by atoms with E-state index in [0.29, 0.717) is 0 Å². The number of halogens is 2. The highest BCUT2D eigenvalue weighted by molar-refractivity contribution is 9.13. The van der Waals surface area contributed by atoms with Gasteiger partial charge < -0.3 is 5.32 Å². The van der Waals surface area contributed by atoms with Crippen molar-refractivity contribution in [2.24, 2.45) is 0 Å². The van der Waals surface area contributed by atoms with Crippen LogP contribution < -0.4 is 5.32 Å². The summed E-state index contributed by atoms with van der Waals surface area (Å²) >= 11 is 6.98. The Morgan fingerprint density at radius 1 is 1.00 bits per heavy atom. The number of nitrogens with one attached hydrogen (secondary N) is 1. The Morgan fingerprint density at radius 2 is 1.82 bits per heavy atom. The molecular formula is C14H13Br2N. The maximum absolute atomic E-state index is 3.51. The van der Waals surface area contributed by atoms with Crippen LogP contribution in [0.1, 0.15) is 11.1 Å². The average molecular weight is 355 g/mol. The third-order valence-electron chi connectivity index (χ3n) is 2.50. The lowest BCUT2D eigenvalue weighted by Crippen LogP contribution is -1.99. The predicted octanol–water partition coefficient (Wildman–Crippen LogP) is 5.13. The molecule has 0 atom stereocenters. The third-order valence-corrected chi connectivity index (χ3v) is 4.38. The van der Waals surface area contributed by atoms with Crippen LogP contribution >= 0.6 is 31.9 Å². The molecule has 0 heterocycles. The van der Waals surface area contributed by atoms with Crippen molar-refractivity contribution < 1.29 is 0 Å². The van der Waals surface area contributed by atoms with Crippen LogP contribution in [0.5, 0.6) is 0 Å². The summed E-state index contributed by atoms with van der Waals surface area (Å²) in [5, 5.41) is 3.41. The Kier molecular flexibility index (Phi) is 4.24. The van der Waals surface area contributed by atoms with Crippen molar-refractivity contribution >= 4 is 37.5 Å². The van der Waals surface area contributed by atoms with E-state index in [2.05, 4.69) is 86.6 Å². The summed E-state index contributed by atoms with van der Waals surface area (Å²) in [5.41, 5.74) is 3.68. The van der Waals surface area contributed by atoms with Gasteiger partial charge in [-0.1, -0.05) is 18.2 Å². The largest absolute Gasteiger partial charge is 0.381 e. The Labute approximate surface area is 119 Å². The minimum atomic E-state index is 0.829. The zero-order valence-electron chi connectivity index (χ0n) is 9.50. The van der Waals surface area contributed by atoms with Gasteiger partial charge in [0.2, 0.25) is 0 Å². The SMILES string of the molecule is Cc1cccc(NCc2ccc(Br)c(Br)c2)c1. The number of anilines is 1. The van der Waals surface area contributed by atoms with Crippen molar-refractivity contribution in [3.63, 3.8) is 0 Å². The van der Waals surface area contributed by atoms with Gasteiger partial charge in [-0.05, 0) is 74.2 Å². The molecule has 0 bridgehead atoms. The van der Waals surface area contributed by atoms with Gasteiger partial charge in [-0.15, -0.1) is 0 Å². The predicted molar refractivity (Wildman–Crippen MR) is 80.3 cm³/mol. The maximum atomic E-state index is 3.51. The van der Waals surface area contributed by atoms with Crippen molar-refractivity contribution in [3.05, 3.63) is 62.5 Å². The van der Waals surface area contributed by atoms with Gasteiger partial charge in [0, 0.05) is 21.2 Å². The van der Waals surface area contributed by atoms with Crippen molar-refractivity contribution in [2.75, 3.05) is 5.32 Å². The van der Waals surface area contributed by atoms with Crippen molar-refractivity contribution in [3.8, 4) is 0 Å². The third kappa shape index (κ3) is 3.58. The number of rotatable bonds is 3. The van der Waals surface area contributed by atoms with Gasteiger partial charge in [-0.2, -0.15) is 0 Å². The van der Waals surface area contributed by atoms with Crippen molar-refractivity contribution in [1.82, 2.24) is 0 Å². The number of hydrogen-bond donors (Lipinski definition) is 1. The second-order valence-electron chi connectivity index (χ2n) is 3.97. The first-order valence-electron chi connectivity index (χ1n) is 5.39. The van der Waals surface area contributed by atoms with Crippen LogP contribution in [0.4, 0.5) is 5.69 Å². The molecule has 88 valence electrons. The van der Waals surface area contributed by atoms with Crippen LogP contribution in [0.3, 0.4) is 0 Å². The van der Waals surface area contributed by atoms with Crippen LogP contribution in [0.2, 0.25) is 0 Å². The number of benzene rings is 2. The van der Waals surface area contributed by atoms with E-state index in [-0.39, 0.29) is 0 Å². The van der Waals surface area contributed by atoms with Crippen LogP contribution in [0.25, 0.3) is 0 Å². The van der Waals surface area contributed by atoms with Crippen LogP contribution in [-0.2, 0) is 6.54 Å². The Morgan fingerprint density at radius 3 is 2.53 bits per heavy atom. The van der Waals surface area contributed by atoms with Gasteiger partial charge in [0.05, 0.1) is 0 Å². The minimum Gasteiger partial charge on any atom is -0.381 e. The molecule has 3 heteroatoms. The first kappa shape index (κ1) is 12.7. The molecule has 0 aliphatic heterocycles.